The van der Waals surface area contributed by atoms with Crippen molar-refractivity contribution in [1.29, 1.82) is 0 Å². The van der Waals surface area contributed by atoms with Gasteiger partial charge in [0.25, 0.3) is 0 Å². The number of hydrogen-bond acceptors (Lipinski definition) is 5. The summed E-state index contributed by atoms with van der Waals surface area (Å²) in [4.78, 5) is 42.4. The molecule has 1 aliphatic heterocycles. The van der Waals surface area contributed by atoms with Gasteiger partial charge in [-0.05, 0) is 18.9 Å². The number of likely N-dealkylation sites (N-methyl/N-ethyl adjacent to an activating group) is 1. The fourth-order valence-corrected chi connectivity index (χ4v) is 4.29. The Balaban J connectivity index is 1.53. The normalized spacial score (nSPS) is 16.1. The van der Waals surface area contributed by atoms with Gasteiger partial charge in [0.15, 0.2) is 0 Å². The van der Waals surface area contributed by atoms with Crippen LogP contribution in [0.25, 0.3) is 10.6 Å². The highest BCUT2D eigenvalue weighted by atomic mass is 35.5. The minimum atomic E-state index is -0.453. The number of carbonyl (C=O) groups is 3. The molecule has 2 N–H and O–H groups in total. The monoisotopic (exact) mass is 420 g/mol. The van der Waals surface area contributed by atoms with Gasteiger partial charge in [0, 0.05) is 24.5 Å². The van der Waals surface area contributed by atoms with E-state index >= 15 is 0 Å². The molecule has 1 aliphatic rings. The molecule has 0 aliphatic carbocycles. The molecule has 1 fully saturated rings. The zero-order valence-electron chi connectivity index (χ0n) is 15.4. The summed E-state index contributed by atoms with van der Waals surface area (Å²) in [6, 6.07) is 6.94. The summed E-state index contributed by atoms with van der Waals surface area (Å²) in [6.07, 6.45) is 1.50. The number of amides is 3. The maximum Gasteiger partial charge on any atom is 0.242 e. The van der Waals surface area contributed by atoms with Crippen LogP contribution in [0, 0.1) is 0 Å². The number of carbonyl (C=O) groups excluding carboxylic acids is 3. The minimum absolute atomic E-state index is 0.0765. The number of hydrogen-bond donors (Lipinski definition) is 2. The Kier molecular flexibility index (Phi) is 6.64. The van der Waals surface area contributed by atoms with Crippen LogP contribution < -0.4 is 10.6 Å². The molecule has 2 heterocycles. The van der Waals surface area contributed by atoms with E-state index in [-0.39, 0.29) is 30.7 Å². The third-order valence-corrected chi connectivity index (χ3v) is 5.81. The number of aromatic nitrogens is 1. The SMILES string of the molecule is CNC(=O)C1CCCN1C(=O)CNC(=O)Cc1csc(-c2ccccc2Cl)n1. The smallest absolute Gasteiger partial charge is 0.242 e. The summed E-state index contributed by atoms with van der Waals surface area (Å²) < 4.78 is 0. The van der Waals surface area contributed by atoms with Crippen molar-refractivity contribution in [2.75, 3.05) is 20.1 Å². The highest BCUT2D eigenvalue weighted by Crippen LogP contribution is 2.30. The molecule has 7 nitrogen and oxygen atoms in total. The summed E-state index contributed by atoms with van der Waals surface area (Å²) in [7, 11) is 1.55. The van der Waals surface area contributed by atoms with Crippen molar-refractivity contribution in [1.82, 2.24) is 20.5 Å². The Labute approximate surface area is 172 Å². The number of rotatable bonds is 6. The van der Waals surface area contributed by atoms with E-state index < -0.39 is 6.04 Å². The number of nitrogens with zero attached hydrogens (tertiary/aromatic N) is 2. The van der Waals surface area contributed by atoms with Crippen LogP contribution in [0.15, 0.2) is 29.6 Å². The lowest BCUT2D eigenvalue weighted by Crippen LogP contribution is -2.48. The molecule has 9 heteroatoms. The van der Waals surface area contributed by atoms with Crippen LogP contribution in [0.2, 0.25) is 5.02 Å². The fourth-order valence-electron chi connectivity index (χ4n) is 3.15. The maximum absolute atomic E-state index is 12.4. The van der Waals surface area contributed by atoms with Gasteiger partial charge in [-0.3, -0.25) is 14.4 Å². The molecule has 3 amide bonds. The Bertz CT molecular complexity index is 886. The Morgan fingerprint density at radius 3 is 2.86 bits per heavy atom. The van der Waals surface area contributed by atoms with Gasteiger partial charge in [-0.2, -0.15) is 0 Å². The number of halogens is 1. The third kappa shape index (κ3) is 4.69. The second-order valence-electron chi connectivity index (χ2n) is 6.44. The largest absolute Gasteiger partial charge is 0.357 e. The number of likely N-dealkylation sites (tertiary alicyclic amines) is 1. The minimum Gasteiger partial charge on any atom is -0.357 e. The second-order valence-corrected chi connectivity index (χ2v) is 7.70. The van der Waals surface area contributed by atoms with E-state index in [1.807, 2.05) is 23.6 Å². The highest BCUT2D eigenvalue weighted by Gasteiger charge is 2.33. The van der Waals surface area contributed by atoms with Gasteiger partial charge in [0.2, 0.25) is 17.7 Å². The molecule has 0 radical (unpaired) electrons. The van der Waals surface area contributed by atoms with E-state index in [1.165, 1.54) is 16.2 Å². The maximum atomic E-state index is 12.4. The van der Waals surface area contributed by atoms with E-state index in [0.717, 1.165) is 17.0 Å². The van der Waals surface area contributed by atoms with Crippen molar-refractivity contribution >= 4 is 40.7 Å². The quantitative estimate of drug-likeness (QED) is 0.746. The second kappa shape index (κ2) is 9.16. The van der Waals surface area contributed by atoms with Crippen molar-refractivity contribution in [3.63, 3.8) is 0 Å². The zero-order chi connectivity index (χ0) is 20.1. The van der Waals surface area contributed by atoms with Gasteiger partial charge in [-0.15, -0.1) is 11.3 Å². The summed E-state index contributed by atoms with van der Waals surface area (Å²) in [5, 5.41) is 8.35. The van der Waals surface area contributed by atoms with E-state index in [0.29, 0.717) is 23.7 Å². The topological polar surface area (TPSA) is 91.4 Å². The molecule has 0 saturated carbocycles. The standard InChI is InChI=1S/C19H21ClN4O3S/c1-21-18(27)15-7-4-8-24(15)17(26)10-22-16(25)9-12-11-28-19(23-12)13-5-2-3-6-14(13)20/h2-3,5-6,11,15H,4,7-10H2,1H3,(H,21,27)(H,22,25). The molecule has 2 aromatic rings. The van der Waals surface area contributed by atoms with Gasteiger partial charge in [0.05, 0.1) is 23.7 Å². The molecule has 1 atom stereocenters. The Morgan fingerprint density at radius 2 is 2.11 bits per heavy atom. The van der Waals surface area contributed by atoms with Crippen LogP contribution in [0.4, 0.5) is 0 Å². The molecule has 1 unspecified atom stereocenters. The summed E-state index contributed by atoms with van der Waals surface area (Å²) in [5.41, 5.74) is 1.44. The van der Waals surface area contributed by atoms with Crippen LogP contribution in [0.3, 0.4) is 0 Å². The third-order valence-electron chi connectivity index (χ3n) is 4.56. The van der Waals surface area contributed by atoms with E-state index in [2.05, 4.69) is 15.6 Å². The molecule has 1 aromatic carbocycles. The molecule has 148 valence electrons. The zero-order valence-corrected chi connectivity index (χ0v) is 17.0. The van der Waals surface area contributed by atoms with Crippen molar-refractivity contribution in [3.05, 3.63) is 40.4 Å². The molecule has 1 aromatic heterocycles. The molecule has 3 rings (SSSR count). The van der Waals surface area contributed by atoms with Crippen LogP contribution in [-0.2, 0) is 20.8 Å². The summed E-state index contributed by atoms with van der Waals surface area (Å²) >= 11 is 7.60. The fraction of sp³-hybridized carbons (Fsp3) is 0.368. The molecular formula is C19H21ClN4O3S. The first-order valence-electron chi connectivity index (χ1n) is 8.96. The lowest BCUT2D eigenvalue weighted by molar-refractivity contribution is -0.138. The first-order chi connectivity index (χ1) is 13.5. The predicted octanol–water partition coefficient (Wildman–Crippen LogP) is 1.86. The van der Waals surface area contributed by atoms with Gasteiger partial charge in [-0.25, -0.2) is 4.98 Å². The first kappa shape index (κ1) is 20.3. The molecule has 0 spiro atoms. The number of benzene rings is 1. The molecule has 28 heavy (non-hydrogen) atoms. The number of nitrogens with one attached hydrogen (secondary N) is 2. The van der Waals surface area contributed by atoms with Crippen molar-refractivity contribution < 1.29 is 14.4 Å². The van der Waals surface area contributed by atoms with Crippen LogP contribution in [-0.4, -0.2) is 53.8 Å². The first-order valence-corrected chi connectivity index (χ1v) is 10.2. The average Bonchev–Trinajstić information content (AvgIpc) is 3.35. The van der Waals surface area contributed by atoms with Crippen LogP contribution >= 0.6 is 22.9 Å². The lowest BCUT2D eigenvalue weighted by Gasteiger charge is -2.23. The average molecular weight is 421 g/mol. The lowest BCUT2D eigenvalue weighted by atomic mass is 10.2. The van der Waals surface area contributed by atoms with Crippen LogP contribution in [0.1, 0.15) is 18.5 Å². The molecule has 1 saturated heterocycles. The van der Waals surface area contributed by atoms with Crippen molar-refractivity contribution in [2.24, 2.45) is 0 Å². The van der Waals surface area contributed by atoms with Gasteiger partial charge >= 0.3 is 0 Å². The highest BCUT2D eigenvalue weighted by molar-refractivity contribution is 7.13. The predicted molar refractivity (Wildman–Crippen MR) is 108 cm³/mol. The molecule has 0 bridgehead atoms. The number of thiazole rings is 1. The molecular weight excluding hydrogens is 400 g/mol. The van der Waals surface area contributed by atoms with Crippen molar-refractivity contribution in [3.8, 4) is 10.6 Å². The van der Waals surface area contributed by atoms with Gasteiger partial charge < -0.3 is 15.5 Å². The summed E-state index contributed by atoms with van der Waals surface area (Å²) in [5.74, 6) is -0.721. The van der Waals surface area contributed by atoms with E-state index in [9.17, 15) is 14.4 Å². The van der Waals surface area contributed by atoms with E-state index in [4.69, 9.17) is 11.6 Å². The summed E-state index contributed by atoms with van der Waals surface area (Å²) in [6.45, 7) is 0.397. The Hall–Kier alpha value is -2.45. The Morgan fingerprint density at radius 1 is 1.32 bits per heavy atom. The van der Waals surface area contributed by atoms with Crippen LogP contribution in [0.5, 0.6) is 0 Å². The van der Waals surface area contributed by atoms with E-state index in [1.54, 1.807) is 13.1 Å². The van der Waals surface area contributed by atoms with Crippen molar-refractivity contribution in [2.45, 2.75) is 25.3 Å². The van der Waals surface area contributed by atoms with Gasteiger partial charge in [0.1, 0.15) is 11.0 Å². The van der Waals surface area contributed by atoms with Gasteiger partial charge in [-0.1, -0.05) is 29.8 Å².